The zero-order chi connectivity index (χ0) is 41.2. The SMILES string of the molecule is c1ccc(-c2ccc(-c3nc(-c4ccccc4)nc(-c4cccc5sc6cc(-c7cccc(N(c8ccccc8)c8ccc(-c9ccccc9)cc8)c7)ccc6c45)n3)cc2)cc1. The Hall–Kier alpha value is -7.99. The van der Waals surface area contributed by atoms with Gasteiger partial charge in [-0.15, -0.1) is 11.3 Å². The first-order valence-electron chi connectivity index (χ1n) is 20.8. The van der Waals surface area contributed by atoms with E-state index >= 15 is 0 Å². The van der Waals surface area contributed by atoms with Crippen LogP contribution in [0.5, 0.6) is 0 Å². The summed E-state index contributed by atoms with van der Waals surface area (Å²) in [6.45, 7) is 0. The molecule has 0 aliphatic heterocycles. The van der Waals surface area contributed by atoms with Crippen LogP contribution in [-0.4, -0.2) is 15.0 Å². The molecule has 0 saturated carbocycles. The lowest BCUT2D eigenvalue weighted by Crippen LogP contribution is -2.09. The maximum Gasteiger partial charge on any atom is 0.164 e. The van der Waals surface area contributed by atoms with Crippen molar-refractivity contribution in [3.05, 3.63) is 231 Å². The molecule has 4 nitrogen and oxygen atoms in total. The second-order valence-electron chi connectivity index (χ2n) is 15.2. The Labute approximate surface area is 364 Å². The number of thiophene rings is 1. The molecule has 11 rings (SSSR count). The summed E-state index contributed by atoms with van der Waals surface area (Å²) in [5, 5.41) is 2.33. The topological polar surface area (TPSA) is 41.9 Å². The third-order valence-corrected chi connectivity index (χ3v) is 12.5. The lowest BCUT2D eigenvalue weighted by Gasteiger charge is -2.26. The summed E-state index contributed by atoms with van der Waals surface area (Å²) in [4.78, 5) is 17.7. The van der Waals surface area contributed by atoms with Crippen LogP contribution >= 0.6 is 11.3 Å². The Morgan fingerprint density at radius 2 is 0.726 bits per heavy atom. The van der Waals surface area contributed by atoms with Crippen molar-refractivity contribution < 1.29 is 0 Å². The third kappa shape index (κ3) is 7.21. The van der Waals surface area contributed by atoms with Crippen LogP contribution in [0, 0.1) is 0 Å². The number of rotatable bonds is 9. The predicted octanol–water partition coefficient (Wildman–Crippen LogP) is 15.7. The minimum atomic E-state index is 0.642. The number of anilines is 3. The molecule has 0 saturated heterocycles. The molecular weight excluding hydrogens is 773 g/mol. The van der Waals surface area contributed by atoms with Crippen molar-refractivity contribution in [3.63, 3.8) is 0 Å². The molecule has 292 valence electrons. The Balaban J connectivity index is 0.977. The van der Waals surface area contributed by atoms with Crippen molar-refractivity contribution in [2.24, 2.45) is 0 Å². The summed E-state index contributed by atoms with van der Waals surface area (Å²) in [5.41, 5.74) is 13.2. The maximum absolute atomic E-state index is 5.18. The number of para-hydroxylation sites is 1. The van der Waals surface area contributed by atoms with Gasteiger partial charge in [-0.05, 0) is 81.9 Å². The maximum atomic E-state index is 5.18. The van der Waals surface area contributed by atoms with Gasteiger partial charge in [-0.25, -0.2) is 15.0 Å². The zero-order valence-corrected chi connectivity index (χ0v) is 34.5. The predicted molar refractivity (Wildman–Crippen MR) is 260 cm³/mol. The molecule has 0 atom stereocenters. The highest BCUT2D eigenvalue weighted by atomic mass is 32.1. The van der Waals surface area contributed by atoms with Gasteiger partial charge in [0, 0.05) is 53.9 Å². The van der Waals surface area contributed by atoms with Crippen LogP contribution in [0.25, 0.3) is 87.7 Å². The second-order valence-corrected chi connectivity index (χ2v) is 16.3. The van der Waals surface area contributed by atoms with E-state index in [1.54, 1.807) is 11.3 Å². The number of nitrogens with zero attached hydrogens (tertiary/aromatic N) is 4. The molecule has 0 bridgehead atoms. The molecule has 2 aromatic heterocycles. The Bertz CT molecular complexity index is 3310. The molecule has 0 aliphatic carbocycles. The van der Waals surface area contributed by atoms with Gasteiger partial charge in [-0.1, -0.05) is 182 Å². The number of aromatic nitrogens is 3. The first-order valence-corrected chi connectivity index (χ1v) is 21.6. The van der Waals surface area contributed by atoms with E-state index in [0.29, 0.717) is 17.5 Å². The number of hydrogen-bond acceptors (Lipinski definition) is 5. The van der Waals surface area contributed by atoms with E-state index in [2.05, 4.69) is 211 Å². The minimum Gasteiger partial charge on any atom is -0.310 e. The second kappa shape index (κ2) is 16.2. The highest BCUT2D eigenvalue weighted by Gasteiger charge is 2.19. The number of benzene rings is 9. The van der Waals surface area contributed by atoms with Gasteiger partial charge in [-0.2, -0.15) is 0 Å². The van der Waals surface area contributed by atoms with E-state index in [9.17, 15) is 0 Å². The van der Waals surface area contributed by atoms with Gasteiger partial charge in [0.25, 0.3) is 0 Å². The molecule has 0 fully saturated rings. The molecule has 2 heterocycles. The van der Waals surface area contributed by atoms with Crippen LogP contribution in [0.2, 0.25) is 0 Å². The van der Waals surface area contributed by atoms with E-state index < -0.39 is 0 Å². The first-order chi connectivity index (χ1) is 30.7. The highest BCUT2D eigenvalue weighted by Crippen LogP contribution is 2.43. The van der Waals surface area contributed by atoms with Gasteiger partial charge >= 0.3 is 0 Å². The summed E-state index contributed by atoms with van der Waals surface area (Å²) in [6.07, 6.45) is 0. The van der Waals surface area contributed by atoms with Crippen molar-refractivity contribution >= 4 is 48.6 Å². The van der Waals surface area contributed by atoms with Crippen LogP contribution < -0.4 is 4.90 Å². The quantitative estimate of drug-likeness (QED) is 0.146. The molecule has 0 unspecified atom stereocenters. The van der Waals surface area contributed by atoms with Gasteiger partial charge in [0.2, 0.25) is 0 Å². The lowest BCUT2D eigenvalue weighted by atomic mass is 10.0. The van der Waals surface area contributed by atoms with Crippen LogP contribution in [0.3, 0.4) is 0 Å². The van der Waals surface area contributed by atoms with Crippen molar-refractivity contribution in [3.8, 4) is 67.5 Å². The molecule has 62 heavy (non-hydrogen) atoms. The summed E-state index contributed by atoms with van der Waals surface area (Å²) in [5.74, 6) is 1.94. The summed E-state index contributed by atoms with van der Waals surface area (Å²) < 4.78 is 2.40. The number of hydrogen-bond donors (Lipinski definition) is 0. The average molecular weight is 811 g/mol. The van der Waals surface area contributed by atoms with Crippen molar-refractivity contribution in [1.82, 2.24) is 15.0 Å². The van der Waals surface area contributed by atoms with Gasteiger partial charge in [0.15, 0.2) is 17.5 Å². The summed E-state index contributed by atoms with van der Waals surface area (Å²) >= 11 is 1.80. The van der Waals surface area contributed by atoms with Gasteiger partial charge in [-0.3, -0.25) is 0 Å². The van der Waals surface area contributed by atoms with E-state index in [-0.39, 0.29) is 0 Å². The largest absolute Gasteiger partial charge is 0.310 e. The summed E-state index contributed by atoms with van der Waals surface area (Å²) in [7, 11) is 0. The molecule has 0 amide bonds. The van der Waals surface area contributed by atoms with Crippen LogP contribution in [0.4, 0.5) is 17.1 Å². The Morgan fingerprint density at radius 1 is 0.290 bits per heavy atom. The van der Waals surface area contributed by atoms with E-state index in [0.717, 1.165) is 55.8 Å². The molecular formula is C57H38N4S. The normalized spacial score (nSPS) is 11.2. The van der Waals surface area contributed by atoms with Crippen molar-refractivity contribution in [1.29, 1.82) is 0 Å². The third-order valence-electron chi connectivity index (χ3n) is 11.3. The van der Waals surface area contributed by atoms with E-state index in [1.807, 2.05) is 24.3 Å². The van der Waals surface area contributed by atoms with Crippen molar-refractivity contribution in [2.45, 2.75) is 0 Å². The Kier molecular flexibility index (Phi) is 9.69. The number of fused-ring (bicyclic) bond motifs is 3. The monoisotopic (exact) mass is 810 g/mol. The molecule has 0 spiro atoms. The first kappa shape index (κ1) is 37.0. The minimum absolute atomic E-state index is 0.642. The average Bonchev–Trinajstić information content (AvgIpc) is 3.74. The van der Waals surface area contributed by atoms with Crippen LogP contribution in [0.1, 0.15) is 0 Å². The smallest absolute Gasteiger partial charge is 0.164 e. The molecule has 0 aliphatic rings. The van der Waals surface area contributed by atoms with Crippen molar-refractivity contribution in [2.75, 3.05) is 4.90 Å². The molecule has 9 aromatic carbocycles. The fourth-order valence-corrected chi connectivity index (χ4v) is 9.43. The van der Waals surface area contributed by atoms with Gasteiger partial charge < -0.3 is 4.90 Å². The summed E-state index contributed by atoms with van der Waals surface area (Å²) in [6, 6.07) is 81.2. The molecule has 11 aromatic rings. The lowest BCUT2D eigenvalue weighted by molar-refractivity contribution is 1.08. The molecule has 5 heteroatoms. The fourth-order valence-electron chi connectivity index (χ4n) is 8.26. The zero-order valence-electron chi connectivity index (χ0n) is 33.6. The van der Waals surface area contributed by atoms with E-state index in [4.69, 9.17) is 15.0 Å². The fraction of sp³-hybridized carbons (Fsp3) is 0. The van der Waals surface area contributed by atoms with Gasteiger partial charge in [0.1, 0.15) is 0 Å². The standard InChI is InChI=1S/C57H38N4S/c1-5-15-39(16-6-1)41-27-29-44(30-28-41)56-58-55(43-19-9-3-10-20-43)59-57(60-56)51-25-14-26-52-54(51)50-36-33-46(38-53(50)62-52)45-21-13-24-49(37-45)61(47-22-11-4-12-23-47)48-34-31-42(32-35-48)40-17-7-2-8-18-40/h1-38H. The van der Waals surface area contributed by atoms with Crippen LogP contribution in [-0.2, 0) is 0 Å². The Morgan fingerprint density at radius 3 is 1.37 bits per heavy atom. The van der Waals surface area contributed by atoms with Gasteiger partial charge in [0.05, 0.1) is 0 Å². The highest BCUT2D eigenvalue weighted by molar-refractivity contribution is 7.26. The molecule has 0 N–H and O–H groups in total. The molecule has 0 radical (unpaired) electrons. The van der Waals surface area contributed by atoms with E-state index in [1.165, 1.54) is 31.5 Å². The van der Waals surface area contributed by atoms with Crippen LogP contribution in [0.15, 0.2) is 231 Å².